The Balaban J connectivity index is 3.32. The molecule has 0 unspecified atom stereocenters. The molecule has 0 saturated heterocycles. The molecule has 0 heterocycles. The molecule has 0 saturated carbocycles. The molecule has 0 fully saturated rings. The van der Waals surface area contributed by atoms with E-state index in [1.54, 1.807) is 0 Å². The topological polar surface area (TPSA) is 118 Å². The molecular weight excluding hydrogens is 204 g/mol. The monoisotopic (exact) mass is 220 g/mol. The molecule has 6 nitrogen and oxygen atoms in total. The Morgan fingerprint density at radius 2 is 1.69 bits per heavy atom. The van der Waals surface area contributed by atoms with Crippen LogP contribution in [0.3, 0.4) is 0 Å². The summed E-state index contributed by atoms with van der Waals surface area (Å²) in [6.45, 7) is 3.81. The number of hydrogen-bond acceptors (Lipinski definition) is 2. The van der Waals surface area contributed by atoms with E-state index in [4.69, 9.17) is 22.6 Å². The molecule has 0 radical (unpaired) electrons. The first-order valence-electron chi connectivity index (χ1n) is 4.73. The lowest BCUT2D eigenvalue weighted by Crippen LogP contribution is -2.37. The van der Waals surface area contributed by atoms with Crippen LogP contribution in [-0.4, -0.2) is 11.9 Å². The van der Waals surface area contributed by atoms with Gasteiger partial charge in [-0.1, -0.05) is 18.2 Å². The van der Waals surface area contributed by atoms with E-state index in [0.717, 1.165) is 16.8 Å². The number of aryl methyl sites for hydroxylation is 2. The number of rotatable bonds is 2. The zero-order valence-electron chi connectivity index (χ0n) is 9.36. The van der Waals surface area contributed by atoms with Crippen LogP contribution in [0, 0.1) is 19.3 Å². The van der Waals surface area contributed by atoms with Crippen LogP contribution in [0.1, 0.15) is 11.1 Å². The summed E-state index contributed by atoms with van der Waals surface area (Å²) in [5.41, 5.74) is 18.7. The molecule has 16 heavy (non-hydrogen) atoms. The lowest BCUT2D eigenvalue weighted by Gasteiger charge is -2.21. The molecule has 0 amide bonds. The smallest absolute Gasteiger partial charge is 0.214 e. The zero-order chi connectivity index (χ0) is 12.3. The summed E-state index contributed by atoms with van der Waals surface area (Å²) in [4.78, 5) is 0. The third-order valence-corrected chi connectivity index (χ3v) is 2.09. The number of para-hydroxylation sites is 1. The van der Waals surface area contributed by atoms with E-state index in [-0.39, 0.29) is 11.9 Å². The normalized spacial score (nSPS) is 9.62. The Hall–Kier alpha value is -2.24. The van der Waals surface area contributed by atoms with Gasteiger partial charge in [0, 0.05) is 0 Å². The van der Waals surface area contributed by atoms with Crippen LogP contribution >= 0.6 is 0 Å². The number of hydrazone groups is 1. The standard InChI is InChI=1S/C10H16N6/c1-6-4-3-5-7(2)8(6)16(10(13)14)15-9(11)12/h3-5H,1-2H3,(H3,13,14)(H4,11,12,15). The van der Waals surface area contributed by atoms with Crippen molar-refractivity contribution in [3.8, 4) is 0 Å². The molecule has 7 N–H and O–H groups in total. The number of nitrogens with zero attached hydrogens (tertiary/aromatic N) is 2. The predicted molar refractivity (Wildman–Crippen MR) is 66.1 cm³/mol. The quantitative estimate of drug-likeness (QED) is 0.323. The minimum Gasteiger partial charge on any atom is -0.369 e. The number of hydrogen-bond donors (Lipinski definition) is 4. The second-order valence-corrected chi connectivity index (χ2v) is 3.46. The molecule has 0 aliphatic heterocycles. The van der Waals surface area contributed by atoms with Crippen LogP contribution in [0.15, 0.2) is 23.3 Å². The fraction of sp³-hybridized carbons (Fsp3) is 0.200. The Morgan fingerprint density at radius 3 is 2.06 bits per heavy atom. The first kappa shape index (κ1) is 11.8. The minimum absolute atomic E-state index is 0.141. The van der Waals surface area contributed by atoms with Crippen molar-refractivity contribution >= 4 is 17.6 Å². The lowest BCUT2D eigenvalue weighted by molar-refractivity contribution is 1.05. The summed E-state index contributed by atoms with van der Waals surface area (Å²) >= 11 is 0. The van der Waals surface area contributed by atoms with Crippen molar-refractivity contribution in [2.45, 2.75) is 13.8 Å². The SMILES string of the molecule is Cc1cccc(C)c1N(N=C(N)N)C(=N)N. The average Bonchev–Trinajstić information content (AvgIpc) is 2.15. The summed E-state index contributed by atoms with van der Waals surface area (Å²) in [5, 5.41) is 12.5. The number of nitrogens with one attached hydrogen (secondary N) is 1. The Morgan fingerprint density at radius 1 is 1.19 bits per heavy atom. The molecule has 86 valence electrons. The van der Waals surface area contributed by atoms with E-state index in [2.05, 4.69) is 5.10 Å². The van der Waals surface area contributed by atoms with Gasteiger partial charge in [0.25, 0.3) is 0 Å². The zero-order valence-corrected chi connectivity index (χ0v) is 9.36. The fourth-order valence-electron chi connectivity index (χ4n) is 1.48. The van der Waals surface area contributed by atoms with Gasteiger partial charge < -0.3 is 17.2 Å². The van der Waals surface area contributed by atoms with Gasteiger partial charge in [0.15, 0.2) is 0 Å². The van der Waals surface area contributed by atoms with E-state index >= 15 is 0 Å². The van der Waals surface area contributed by atoms with Crippen LogP contribution in [0.2, 0.25) is 0 Å². The van der Waals surface area contributed by atoms with Gasteiger partial charge in [0.1, 0.15) is 0 Å². The van der Waals surface area contributed by atoms with Gasteiger partial charge in [0.05, 0.1) is 5.69 Å². The minimum atomic E-state index is -0.231. The maximum Gasteiger partial charge on any atom is 0.214 e. The lowest BCUT2D eigenvalue weighted by atomic mass is 10.1. The highest BCUT2D eigenvalue weighted by Gasteiger charge is 2.13. The van der Waals surface area contributed by atoms with Crippen LogP contribution in [0.4, 0.5) is 5.69 Å². The van der Waals surface area contributed by atoms with Crippen molar-refractivity contribution in [2.75, 3.05) is 5.01 Å². The largest absolute Gasteiger partial charge is 0.369 e. The number of guanidine groups is 2. The Labute approximate surface area is 94.2 Å². The molecule has 0 aromatic heterocycles. The average molecular weight is 220 g/mol. The third-order valence-electron chi connectivity index (χ3n) is 2.09. The van der Waals surface area contributed by atoms with Gasteiger partial charge >= 0.3 is 0 Å². The van der Waals surface area contributed by atoms with Gasteiger partial charge in [-0.25, -0.2) is 0 Å². The van der Waals surface area contributed by atoms with E-state index in [1.807, 2.05) is 32.0 Å². The van der Waals surface area contributed by atoms with Crippen LogP contribution in [0.25, 0.3) is 0 Å². The molecule has 6 heteroatoms. The maximum atomic E-state index is 7.46. The van der Waals surface area contributed by atoms with E-state index in [1.165, 1.54) is 5.01 Å². The second-order valence-electron chi connectivity index (χ2n) is 3.46. The summed E-state index contributed by atoms with van der Waals surface area (Å²) in [6.07, 6.45) is 0. The maximum absolute atomic E-state index is 7.46. The van der Waals surface area contributed by atoms with Crippen molar-refractivity contribution < 1.29 is 0 Å². The first-order valence-corrected chi connectivity index (χ1v) is 4.73. The van der Waals surface area contributed by atoms with Gasteiger partial charge in [0.2, 0.25) is 11.9 Å². The third kappa shape index (κ3) is 2.41. The summed E-state index contributed by atoms with van der Waals surface area (Å²) in [7, 11) is 0. The van der Waals surface area contributed by atoms with E-state index < -0.39 is 0 Å². The van der Waals surface area contributed by atoms with E-state index in [9.17, 15) is 0 Å². The molecule has 0 aliphatic carbocycles. The van der Waals surface area contributed by atoms with Gasteiger partial charge in [-0.15, -0.1) is 5.10 Å². The molecule has 0 spiro atoms. The van der Waals surface area contributed by atoms with Gasteiger partial charge in [-0.2, -0.15) is 5.01 Å². The van der Waals surface area contributed by atoms with Crippen LogP contribution in [0.5, 0.6) is 0 Å². The first-order chi connectivity index (χ1) is 7.43. The number of anilines is 1. The predicted octanol–water partition coefficient (Wildman–Crippen LogP) is 0.192. The van der Waals surface area contributed by atoms with Crippen molar-refractivity contribution in [3.63, 3.8) is 0 Å². The Kier molecular flexibility index (Phi) is 3.34. The Bertz CT molecular complexity index is 413. The molecular formula is C10H16N6. The molecule has 1 aromatic rings. The van der Waals surface area contributed by atoms with E-state index in [0.29, 0.717) is 0 Å². The van der Waals surface area contributed by atoms with Crippen molar-refractivity contribution in [2.24, 2.45) is 22.3 Å². The second kappa shape index (κ2) is 4.52. The number of nitrogens with two attached hydrogens (primary N) is 3. The molecule has 0 atom stereocenters. The fourth-order valence-corrected chi connectivity index (χ4v) is 1.48. The van der Waals surface area contributed by atoms with Crippen molar-refractivity contribution in [1.82, 2.24) is 0 Å². The summed E-state index contributed by atoms with van der Waals surface area (Å²) in [6, 6.07) is 5.73. The highest BCUT2D eigenvalue weighted by atomic mass is 15.5. The van der Waals surface area contributed by atoms with Crippen LogP contribution in [-0.2, 0) is 0 Å². The van der Waals surface area contributed by atoms with Gasteiger partial charge in [-0.3, -0.25) is 5.41 Å². The molecule has 1 rings (SSSR count). The van der Waals surface area contributed by atoms with Gasteiger partial charge in [-0.05, 0) is 25.0 Å². The molecule has 0 aliphatic rings. The summed E-state index contributed by atoms with van der Waals surface area (Å²) in [5.74, 6) is -0.372. The van der Waals surface area contributed by atoms with Crippen molar-refractivity contribution in [3.05, 3.63) is 29.3 Å². The number of benzene rings is 1. The molecule has 0 bridgehead atoms. The highest BCUT2D eigenvalue weighted by molar-refractivity contribution is 5.95. The highest BCUT2D eigenvalue weighted by Crippen LogP contribution is 2.24. The molecule has 1 aromatic carbocycles. The van der Waals surface area contributed by atoms with Crippen LogP contribution < -0.4 is 22.2 Å². The van der Waals surface area contributed by atoms with Crippen molar-refractivity contribution in [1.29, 1.82) is 5.41 Å². The summed E-state index contributed by atoms with van der Waals surface area (Å²) < 4.78 is 0.